The van der Waals surface area contributed by atoms with Gasteiger partial charge < -0.3 is 15.4 Å². The zero-order chi connectivity index (χ0) is 13.9. The molecule has 1 aliphatic rings. The van der Waals surface area contributed by atoms with Crippen LogP contribution < -0.4 is 15.4 Å². The summed E-state index contributed by atoms with van der Waals surface area (Å²) in [7, 11) is 1.66. The number of pyridine rings is 1. The Morgan fingerprint density at radius 1 is 1.40 bits per heavy atom. The van der Waals surface area contributed by atoms with Crippen LogP contribution in [0.5, 0.6) is 5.88 Å². The average Bonchev–Trinajstić information content (AvgIpc) is 2.48. The molecule has 0 radical (unpaired) electrons. The van der Waals surface area contributed by atoms with Crippen LogP contribution in [-0.4, -0.2) is 24.4 Å². The Bertz CT molecular complexity index is 618. The fourth-order valence-electron chi connectivity index (χ4n) is 2.39. The number of nitrogens with two attached hydrogens (primary N) is 1. The highest BCUT2D eigenvalue weighted by molar-refractivity contribution is 7.99. The third-order valence-electron chi connectivity index (χ3n) is 3.35. The molecule has 0 aliphatic carbocycles. The Morgan fingerprint density at radius 3 is 3.15 bits per heavy atom. The molecule has 0 amide bonds. The van der Waals surface area contributed by atoms with Crippen molar-refractivity contribution in [3.63, 3.8) is 0 Å². The van der Waals surface area contributed by atoms with E-state index in [2.05, 4.69) is 22.0 Å². The van der Waals surface area contributed by atoms with Gasteiger partial charge in [-0.15, -0.1) is 11.8 Å². The number of hydrogen-bond acceptors (Lipinski definition) is 5. The summed E-state index contributed by atoms with van der Waals surface area (Å²) in [5.74, 6) is 1.77. The maximum absolute atomic E-state index is 5.92. The molecule has 0 bridgehead atoms. The summed E-state index contributed by atoms with van der Waals surface area (Å²) in [5, 5.41) is 0. The van der Waals surface area contributed by atoms with Crippen molar-refractivity contribution in [3.05, 3.63) is 42.1 Å². The standard InChI is InChI=1S/C15H17N3OS/c1-19-15-11(3-2-6-17-15)10-18-7-8-20-14-5-4-12(16)9-13(14)18/h2-6,9H,7-8,10,16H2,1H3. The first kappa shape index (κ1) is 13.1. The van der Waals surface area contributed by atoms with Crippen LogP contribution in [0.25, 0.3) is 0 Å². The van der Waals surface area contributed by atoms with Gasteiger partial charge in [0, 0.05) is 41.2 Å². The second kappa shape index (κ2) is 5.63. The fourth-order valence-corrected chi connectivity index (χ4v) is 3.42. The molecule has 2 aromatic rings. The van der Waals surface area contributed by atoms with Gasteiger partial charge in [0.2, 0.25) is 5.88 Å². The van der Waals surface area contributed by atoms with Crippen LogP contribution in [0, 0.1) is 0 Å². The van der Waals surface area contributed by atoms with Gasteiger partial charge in [-0.2, -0.15) is 0 Å². The van der Waals surface area contributed by atoms with Gasteiger partial charge in [-0.1, -0.05) is 6.07 Å². The van der Waals surface area contributed by atoms with E-state index in [9.17, 15) is 0 Å². The lowest BCUT2D eigenvalue weighted by Gasteiger charge is -2.31. The molecule has 1 aromatic heterocycles. The molecule has 0 spiro atoms. The number of benzene rings is 1. The first-order chi connectivity index (χ1) is 9.78. The third-order valence-corrected chi connectivity index (χ3v) is 4.39. The molecule has 5 heteroatoms. The Hall–Kier alpha value is -1.88. The van der Waals surface area contributed by atoms with Crippen molar-refractivity contribution in [1.82, 2.24) is 4.98 Å². The molecule has 1 aliphatic heterocycles. The van der Waals surface area contributed by atoms with Crippen LogP contribution >= 0.6 is 11.8 Å². The average molecular weight is 287 g/mol. The molecule has 0 atom stereocenters. The van der Waals surface area contributed by atoms with Crippen LogP contribution in [0.1, 0.15) is 5.56 Å². The number of fused-ring (bicyclic) bond motifs is 1. The van der Waals surface area contributed by atoms with Crippen molar-refractivity contribution in [2.45, 2.75) is 11.4 Å². The fraction of sp³-hybridized carbons (Fsp3) is 0.267. The summed E-state index contributed by atoms with van der Waals surface area (Å²) < 4.78 is 5.33. The summed E-state index contributed by atoms with van der Waals surface area (Å²) in [6, 6.07) is 10.1. The largest absolute Gasteiger partial charge is 0.481 e. The third kappa shape index (κ3) is 2.54. The zero-order valence-electron chi connectivity index (χ0n) is 11.4. The minimum absolute atomic E-state index is 0.691. The predicted molar refractivity (Wildman–Crippen MR) is 83.4 cm³/mol. The molecule has 2 N–H and O–H groups in total. The van der Waals surface area contributed by atoms with E-state index in [1.807, 2.05) is 30.0 Å². The van der Waals surface area contributed by atoms with Crippen LogP contribution in [0.2, 0.25) is 0 Å². The van der Waals surface area contributed by atoms with E-state index >= 15 is 0 Å². The monoisotopic (exact) mass is 287 g/mol. The molecule has 0 saturated carbocycles. The highest BCUT2D eigenvalue weighted by Gasteiger charge is 2.19. The molecule has 0 fully saturated rings. The van der Waals surface area contributed by atoms with Gasteiger partial charge in [0.05, 0.1) is 12.8 Å². The van der Waals surface area contributed by atoms with Gasteiger partial charge in [0.15, 0.2) is 0 Å². The molecule has 0 unspecified atom stereocenters. The topological polar surface area (TPSA) is 51.4 Å². The normalized spacial score (nSPS) is 13.9. The van der Waals surface area contributed by atoms with Crippen LogP contribution in [0.3, 0.4) is 0 Å². The van der Waals surface area contributed by atoms with E-state index in [-0.39, 0.29) is 0 Å². The smallest absolute Gasteiger partial charge is 0.218 e. The lowest BCUT2D eigenvalue weighted by Crippen LogP contribution is -2.28. The Labute approximate surface area is 122 Å². The van der Waals surface area contributed by atoms with Crippen LogP contribution in [0.15, 0.2) is 41.4 Å². The van der Waals surface area contributed by atoms with Gasteiger partial charge in [-0.3, -0.25) is 0 Å². The van der Waals surface area contributed by atoms with Crippen LogP contribution in [-0.2, 0) is 6.54 Å². The SMILES string of the molecule is COc1ncccc1CN1CCSc2ccc(N)cc21. The van der Waals surface area contributed by atoms with Crippen LogP contribution in [0.4, 0.5) is 11.4 Å². The molecule has 1 aromatic carbocycles. The zero-order valence-corrected chi connectivity index (χ0v) is 12.2. The Kier molecular flexibility index (Phi) is 3.69. The van der Waals surface area contributed by atoms with E-state index in [1.54, 1.807) is 13.3 Å². The summed E-state index contributed by atoms with van der Waals surface area (Å²) in [5.41, 5.74) is 9.01. The number of nitrogen functional groups attached to an aromatic ring is 1. The molecule has 3 rings (SSSR count). The lowest BCUT2D eigenvalue weighted by molar-refractivity contribution is 0.392. The number of thioether (sulfide) groups is 1. The predicted octanol–water partition coefficient (Wildman–Crippen LogP) is 2.78. The lowest BCUT2D eigenvalue weighted by atomic mass is 10.2. The van der Waals surface area contributed by atoms with Crippen molar-refractivity contribution in [1.29, 1.82) is 0 Å². The Balaban J connectivity index is 1.91. The highest BCUT2D eigenvalue weighted by atomic mass is 32.2. The number of hydrogen-bond donors (Lipinski definition) is 1. The first-order valence-electron chi connectivity index (χ1n) is 6.53. The minimum atomic E-state index is 0.691. The second-order valence-corrected chi connectivity index (χ2v) is 5.81. The first-order valence-corrected chi connectivity index (χ1v) is 7.51. The Morgan fingerprint density at radius 2 is 2.30 bits per heavy atom. The van der Waals surface area contributed by atoms with Crippen molar-refractivity contribution in [2.75, 3.05) is 30.0 Å². The van der Waals surface area contributed by atoms with E-state index in [0.717, 1.165) is 30.1 Å². The molecule has 2 heterocycles. The van der Waals surface area contributed by atoms with Crippen molar-refractivity contribution < 1.29 is 4.74 Å². The minimum Gasteiger partial charge on any atom is -0.481 e. The summed E-state index contributed by atoms with van der Waals surface area (Å²) in [6.45, 7) is 1.78. The number of aromatic nitrogens is 1. The van der Waals surface area contributed by atoms with Gasteiger partial charge in [-0.25, -0.2) is 4.98 Å². The van der Waals surface area contributed by atoms with Gasteiger partial charge in [0.25, 0.3) is 0 Å². The number of rotatable bonds is 3. The number of nitrogens with zero attached hydrogens (tertiary/aromatic N) is 2. The number of ether oxygens (including phenoxy) is 1. The van der Waals surface area contributed by atoms with Gasteiger partial charge >= 0.3 is 0 Å². The molecule has 104 valence electrons. The quantitative estimate of drug-likeness (QED) is 0.880. The summed E-state index contributed by atoms with van der Waals surface area (Å²) in [4.78, 5) is 7.88. The van der Waals surface area contributed by atoms with Crippen molar-refractivity contribution in [2.24, 2.45) is 0 Å². The molecule has 20 heavy (non-hydrogen) atoms. The van der Waals surface area contributed by atoms with Crippen molar-refractivity contribution >= 4 is 23.1 Å². The summed E-state index contributed by atoms with van der Waals surface area (Å²) >= 11 is 1.88. The van der Waals surface area contributed by atoms with Gasteiger partial charge in [-0.05, 0) is 24.3 Å². The van der Waals surface area contributed by atoms with E-state index in [4.69, 9.17) is 10.5 Å². The number of methoxy groups -OCH3 is 1. The van der Waals surface area contributed by atoms with E-state index < -0.39 is 0 Å². The van der Waals surface area contributed by atoms with E-state index in [1.165, 1.54) is 10.6 Å². The molecular weight excluding hydrogens is 270 g/mol. The van der Waals surface area contributed by atoms with Crippen molar-refractivity contribution in [3.8, 4) is 5.88 Å². The molecule has 4 nitrogen and oxygen atoms in total. The molecular formula is C15H17N3OS. The highest BCUT2D eigenvalue weighted by Crippen LogP contribution is 2.37. The molecule has 0 saturated heterocycles. The maximum atomic E-state index is 5.92. The number of anilines is 2. The second-order valence-electron chi connectivity index (χ2n) is 4.67. The van der Waals surface area contributed by atoms with E-state index in [0.29, 0.717) is 5.88 Å². The van der Waals surface area contributed by atoms with Gasteiger partial charge in [0.1, 0.15) is 0 Å². The maximum Gasteiger partial charge on any atom is 0.218 e. The summed E-state index contributed by atoms with van der Waals surface area (Å²) in [6.07, 6.45) is 1.75.